The van der Waals surface area contributed by atoms with Crippen molar-refractivity contribution >= 4 is 27.2 Å². The van der Waals surface area contributed by atoms with Crippen LogP contribution in [0.5, 0.6) is 0 Å². The number of aromatic nitrogens is 3. The van der Waals surface area contributed by atoms with E-state index >= 15 is 0 Å². The number of allylic oxidation sites excluding steroid dienone is 4. The molecule has 2 aliphatic heterocycles. The second kappa shape index (κ2) is 7.31. The number of carbonyl (C=O) groups is 1. The molecule has 0 N–H and O–H groups in total. The third kappa shape index (κ3) is 3.18. The molecular formula is C23H25N5O3S. The number of amides is 1. The van der Waals surface area contributed by atoms with E-state index in [9.17, 15) is 13.2 Å². The van der Waals surface area contributed by atoms with Crippen molar-refractivity contribution in [3.63, 3.8) is 0 Å². The molecule has 8 nitrogen and oxygen atoms in total. The normalized spacial score (nSPS) is 22.8. The van der Waals surface area contributed by atoms with Gasteiger partial charge in [-0.15, -0.1) is 0 Å². The Labute approximate surface area is 187 Å². The first-order chi connectivity index (χ1) is 15.2. The van der Waals surface area contributed by atoms with Crippen LogP contribution < -0.4 is 4.90 Å². The van der Waals surface area contributed by atoms with E-state index in [1.165, 1.54) is 10.5 Å². The van der Waals surface area contributed by atoms with E-state index in [0.717, 1.165) is 23.3 Å². The van der Waals surface area contributed by atoms with Gasteiger partial charge in [0.2, 0.25) is 15.9 Å². The van der Waals surface area contributed by atoms with Crippen molar-refractivity contribution in [2.24, 2.45) is 11.3 Å². The predicted octanol–water partition coefficient (Wildman–Crippen LogP) is 2.93. The van der Waals surface area contributed by atoms with Gasteiger partial charge in [0.25, 0.3) is 0 Å². The maximum atomic E-state index is 13.5. The van der Waals surface area contributed by atoms with Gasteiger partial charge in [0.05, 0.1) is 17.3 Å². The fourth-order valence-corrected chi connectivity index (χ4v) is 5.98. The number of fused-ring (bicyclic) bond motifs is 1. The highest BCUT2D eigenvalue weighted by Crippen LogP contribution is 2.50. The molecule has 5 rings (SSSR count). The summed E-state index contributed by atoms with van der Waals surface area (Å²) in [6, 6.07) is 1.56. The van der Waals surface area contributed by atoms with Gasteiger partial charge in [0.1, 0.15) is 10.7 Å². The summed E-state index contributed by atoms with van der Waals surface area (Å²) in [6.07, 6.45) is 12.1. The van der Waals surface area contributed by atoms with Gasteiger partial charge in [-0.25, -0.2) is 18.4 Å². The second-order valence-electron chi connectivity index (χ2n) is 9.03. The summed E-state index contributed by atoms with van der Waals surface area (Å²) < 4.78 is 27.2. The third-order valence-corrected chi connectivity index (χ3v) is 8.51. The van der Waals surface area contributed by atoms with Crippen molar-refractivity contribution in [2.75, 3.05) is 18.0 Å². The van der Waals surface area contributed by atoms with Crippen molar-refractivity contribution in [1.82, 2.24) is 19.3 Å². The minimum Gasteiger partial charge on any atom is -0.282 e. The highest BCUT2D eigenvalue weighted by molar-refractivity contribution is 7.89. The number of hydrogen-bond donors (Lipinski definition) is 0. The molecule has 0 saturated carbocycles. The first-order valence-electron chi connectivity index (χ1n) is 10.7. The van der Waals surface area contributed by atoms with Crippen LogP contribution in [0.2, 0.25) is 0 Å². The fourth-order valence-electron chi connectivity index (χ4n) is 4.48. The highest BCUT2D eigenvalue weighted by Gasteiger charge is 2.51. The predicted molar refractivity (Wildman–Crippen MR) is 120 cm³/mol. The zero-order valence-corrected chi connectivity index (χ0v) is 19.1. The SMILES string of the molecule is Cc1ncc(C2=CCC3C(=C2)N(c2cncc(S(=O)(=O)N4CCC4)c2)C(=O)C3(C)C)cn1. The smallest absolute Gasteiger partial charge is 0.244 e. The Morgan fingerprint density at radius 2 is 1.81 bits per heavy atom. The monoisotopic (exact) mass is 451 g/mol. The van der Waals surface area contributed by atoms with Crippen LogP contribution in [0.1, 0.15) is 38.1 Å². The van der Waals surface area contributed by atoms with Crippen LogP contribution in [0.25, 0.3) is 5.57 Å². The fraction of sp³-hybridized carbons (Fsp3) is 0.391. The molecule has 166 valence electrons. The number of sulfonamides is 1. The summed E-state index contributed by atoms with van der Waals surface area (Å²) in [5, 5.41) is 0. The van der Waals surface area contributed by atoms with E-state index in [4.69, 9.17) is 0 Å². The Balaban J connectivity index is 1.57. The lowest BCUT2D eigenvalue weighted by Crippen LogP contribution is -2.42. The minimum absolute atomic E-state index is 0.0132. The number of aryl methyl sites for hydroxylation is 1. The highest BCUT2D eigenvalue weighted by atomic mass is 32.2. The van der Waals surface area contributed by atoms with E-state index < -0.39 is 15.4 Å². The molecule has 0 aromatic carbocycles. The topological polar surface area (TPSA) is 96.4 Å². The Hall–Kier alpha value is -2.91. The lowest BCUT2D eigenvalue weighted by molar-refractivity contribution is -0.125. The Morgan fingerprint density at radius 1 is 1.09 bits per heavy atom. The van der Waals surface area contributed by atoms with E-state index in [1.807, 2.05) is 26.8 Å². The summed E-state index contributed by atoms with van der Waals surface area (Å²) >= 11 is 0. The molecule has 0 bridgehead atoms. The zero-order valence-electron chi connectivity index (χ0n) is 18.3. The summed E-state index contributed by atoms with van der Waals surface area (Å²) in [6.45, 7) is 6.75. The molecule has 9 heteroatoms. The molecule has 1 aliphatic carbocycles. The van der Waals surface area contributed by atoms with Crippen LogP contribution in [-0.2, 0) is 14.8 Å². The maximum Gasteiger partial charge on any atom is 0.244 e. The van der Waals surface area contributed by atoms with Gasteiger partial charge < -0.3 is 0 Å². The molecule has 1 amide bonds. The second-order valence-corrected chi connectivity index (χ2v) is 11.0. The molecule has 32 heavy (non-hydrogen) atoms. The van der Waals surface area contributed by atoms with Gasteiger partial charge in [0.15, 0.2) is 0 Å². The summed E-state index contributed by atoms with van der Waals surface area (Å²) in [5.74, 6) is 0.616. The van der Waals surface area contributed by atoms with Crippen LogP contribution in [0, 0.1) is 18.3 Å². The molecule has 2 aromatic rings. The van der Waals surface area contributed by atoms with Crippen molar-refractivity contribution in [3.05, 3.63) is 60.1 Å². The van der Waals surface area contributed by atoms with E-state index in [0.29, 0.717) is 31.0 Å². The van der Waals surface area contributed by atoms with E-state index in [2.05, 4.69) is 21.0 Å². The van der Waals surface area contributed by atoms with Crippen molar-refractivity contribution in [1.29, 1.82) is 0 Å². The van der Waals surface area contributed by atoms with E-state index in [1.54, 1.807) is 29.6 Å². The molecule has 0 spiro atoms. The molecule has 3 aliphatic rings. The largest absolute Gasteiger partial charge is 0.282 e. The average Bonchev–Trinajstić information content (AvgIpc) is 2.92. The number of anilines is 1. The first kappa shape index (κ1) is 21.0. The Bertz CT molecular complexity index is 1260. The third-order valence-electron chi connectivity index (χ3n) is 6.64. The number of pyridine rings is 1. The Kier molecular flexibility index (Phi) is 4.79. The minimum atomic E-state index is -3.60. The lowest BCUT2D eigenvalue weighted by atomic mass is 9.75. The number of nitrogens with zero attached hydrogens (tertiary/aromatic N) is 5. The van der Waals surface area contributed by atoms with Crippen molar-refractivity contribution in [3.8, 4) is 0 Å². The maximum absolute atomic E-state index is 13.5. The van der Waals surface area contributed by atoms with Gasteiger partial charge >= 0.3 is 0 Å². The molecule has 0 radical (unpaired) electrons. The van der Waals surface area contributed by atoms with Crippen molar-refractivity contribution < 1.29 is 13.2 Å². The molecule has 2 fully saturated rings. The summed E-state index contributed by atoms with van der Waals surface area (Å²) in [7, 11) is -3.60. The van der Waals surface area contributed by atoms with Crippen LogP contribution in [0.3, 0.4) is 0 Å². The number of rotatable bonds is 4. The number of hydrogen-bond acceptors (Lipinski definition) is 6. The van der Waals surface area contributed by atoms with Gasteiger partial charge in [-0.3, -0.25) is 14.7 Å². The van der Waals surface area contributed by atoms with E-state index in [-0.39, 0.29) is 16.7 Å². The molecule has 1 atom stereocenters. The zero-order chi connectivity index (χ0) is 22.7. The Morgan fingerprint density at radius 3 is 2.47 bits per heavy atom. The molecule has 1 unspecified atom stereocenters. The molecular weight excluding hydrogens is 426 g/mol. The summed E-state index contributed by atoms with van der Waals surface area (Å²) in [5.41, 5.74) is 2.53. The van der Waals surface area contributed by atoms with Crippen molar-refractivity contribution in [2.45, 2.75) is 38.5 Å². The van der Waals surface area contributed by atoms with Crippen LogP contribution in [0.4, 0.5) is 5.69 Å². The van der Waals surface area contributed by atoms with Crippen LogP contribution in [0.15, 0.2) is 53.6 Å². The quantitative estimate of drug-likeness (QED) is 0.709. The first-order valence-corrected chi connectivity index (χ1v) is 12.1. The van der Waals surface area contributed by atoms with Gasteiger partial charge in [0, 0.05) is 48.9 Å². The average molecular weight is 452 g/mol. The van der Waals surface area contributed by atoms with Gasteiger partial charge in [-0.1, -0.05) is 19.9 Å². The van der Waals surface area contributed by atoms with Crippen LogP contribution >= 0.6 is 0 Å². The van der Waals surface area contributed by atoms with Gasteiger partial charge in [-0.05, 0) is 37.5 Å². The van der Waals surface area contributed by atoms with Gasteiger partial charge in [-0.2, -0.15) is 4.31 Å². The van der Waals surface area contributed by atoms with Crippen LogP contribution in [-0.4, -0.2) is 46.7 Å². The summed E-state index contributed by atoms with van der Waals surface area (Å²) in [4.78, 5) is 28.0. The molecule has 2 saturated heterocycles. The molecule has 4 heterocycles. The molecule has 2 aromatic heterocycles. The number of carbonyl (C=O) groups excluding carboxylic acids is 1. The standard InChI is InChI=1S/C23H25N5O3S/c1-15-25-11-17(12-26-15)16-5-6-20-21(9-16)28(22(29)23(20,2)3)18-10-19(14-24-13-18)32(30,31)27-7-4-8-27/h5,9-14,20H,4,6-8H2,1-3H3. The lowest BCUT2D eigenvalue weighted by Gasteiger charge is -2.30.